The second kappa shape index (κ2) is 5.30. The van der Waals surface area contributed by atoms with Gasteiger partial charge < -0.3 is 10.4 Å². The zero-order chi connectivity index (χ0) is 13.1. The standard InChI is InChI=1S/C10H14N4O3S/c1-6-14(8(5-18-6)9(15)16)10(17)11-2-7-3-12-13-4-7/h3-4,6,8H,2,5H2,1H3,(H,11,17)(H,12,13)(H,15,16). The van der Waals surface area contributed by atoms with Crippen LogP contribution in [-0.2, 0) is 11.3 Å². The lowest BCUT2D eigenvalue weighted by Crippen LogP contribution is -2.49. The highest BCUT2D eigenvalue weighted by molar-refractivity contribution is 8.00. The van der Waals surface area contributed by atoms with Gasteiger partial charge in [0.2, 0.25) is 0 Å². The molecule has 0 saturated carbocycles. The van der Waals surface area contributed by atoms with Crippen molar-refractivity contribution in [3.63, 3.8) is 0 Å². The minimum atomic E-state index is -0.967. The Bertz CT molecular complexity index is 436. The van der Waals surface area contributed by atoms with E-state index in [9.17, 15) is 9.59 Å². The molecular formula is C10H14N4O3S. The summed E-state index contributed by atoms with van der Waals surface area (Å²) < 4.78 is 0. The highest BCUT2D eigenvalue weighted by Gasteiger charge is 2.39. The van der Waals surface area contributed by atoms with E-state index in [1.807, 2.05) is 6.92 Å². The number of carboxylic acids is 1. The monoisotopic (exact) mass is 270 g/mol. The molecule has 0 aliphatic carbocycles. The van der Waals surface area contributed by atoms with Gasteiger partial charge in [-0.3, -0.25) is 10.00 Å². The molecule has 7 nitrogen and oxygen atoms in total. The van der Waals surface area contributed by atoms with Gasteiger partial charge >= 0.3 is 12.0 Å². The molecule has 0 bridgehead atoms. The molecule has 2 unspecified atom stereocenters. The molecule has 0 aromatic carbocycles. The van der Waals surface area contributed by atoms with E-state index in [2.05, 4.69) is 15.5 Å². The van der Waals surface area contributed by atoms with Gasteiger partial charge in [-0.15, -0.1) is 11.8 Å². The first-order valence-corrected chi connectivity index (χ1v) is 6.52. The number of hydrogen-bond donors (Lipinski definition) is 3. The molecule has 1 fully saturated rings. The third-order valence-corrected chi connectivity index (χ3v) is 3.96. The van der Waals surface area contributed by atoms with Crippen molar-refractivity contribution in [2.45, 2.75) is 24.9 Å². The molecule has 8 heteroatoms. The predicted octanol–water partition coefficient (Wildman–Crippen LogP) is 0.467. The first kappa shape index (κ1) is 12.7. The summed E-state index contributed by atoms with van der Waals surface area (Å²) in [5.41, 5.74) is 0.842. The zero-order valence-electron chi connectivity index (χ0n) is 9.79. The molecule has 1 aliphatic heterocycles. The van der Waals surface area contributed by atoms with E-state index in [1.54, 1.807) is 12.4 Å². The van der Waals surface area contributed by atoms with Crippen LogP contribution in [0, 0.1) is 0 Å². The molecule has 0 spiro atoms. The topological polar surface area (TPSA) is 98.3 Å². The van der Waals surface area contributed by atoms with Crippen molar-refractivity contribution in [3.05, 3.63) is 18.0 Å². The molecule has 1 aromatic rings. The molecule has 1 saturated heterocycles. The average molecular weight is 270 g/mol. The molecule has 2 amide bonds. The Morgan fingerprint density at radius 2 is 2.50 bits per heavy atom. The third kappa shape index (κ3) is 2.58. The Balaban J connectivity index is 1.96. The molecule has 0 radical (unpaired) electrons. The fourth-order valence-corrected chi connectivity index (χ4v) is 2.95. The summed E-state index contributed by atoms with van der Waals surface area (Å²) in [4.78, 5) is 24.4. The van der Waals surface area contributed by atoms with Crippen molar-refractivity contribution < 1.29 is 14.7 Å². The lowest BCUT2D eigenvalue weighted by molar-refractivity contribution is -0.141. The summed E-state index contributed by atoms with van der Waals surface area (Å²) in [7, 11) is 0. The number of carbonyl (C=O) groups excluding carboxylic acids is 1. The van der Waals surface area contributed by atoms with Crippen LogP contribution in [0.5, 0.6) is 0 Å². The van der Waals surface area contributed by atoms with Gasteiger partial charge in [-0.2, -0.15) is 5.10 Å². The van der Waals surface area contributed by atoms with Crippen molar-refractivity contribution >= 4 is 23.8 Å². The van der Waals surface area contributed by atoms with Crippen LogP contribution >= 0.6 is 11.8 Å². The van der Waals surface area contributed by atoms with Crippen molar-refractivity contribution in [2.24, 2.45) is 0 Å². The van der Waals surface area contributed by atoms with Gasteiger partial charge in [0.25, 0.3) is 0 Å². The summed E-state index contributed by atoms with van der Waals surface area (Å²) in [5.74, 6) is -0.541. The Labute approximate surface area is 108 Å². The molecule has 3 N–H and O–H groups in total. The number of nitrogens with one attached hydrogen (secondary N) is 2. The first-order chi connectivity index (χ1) is 8.59. The van der Waals surface area contributed by atoms with Crippen LogP contribution in [0.3, 0.4) is 0 Å². The SMILES string of the molecule is CC1SCC(C(=O)O)N1C(=O)NCc1cn[nH]c1. The minimum Gasteiger partial charge on any atom is -0.480 e. The number of amides is 2. The Morgan fingerprint density at radius 3 is 3.11 bits per heavy atom. The van der Waals surface area contributed by atoms with Crippen molar-refractivity contribution in [3.8, 4) is 0 Å². The lowest BCUT2D eigenvalue weighted by atomic mass is 10.3. The summed E-state index contributed by atoms with van der Waals surface area (Å²) in [6.45, 7) is 2.15. The third-order valence-electron chi connectivity index (χ3n) is 2.74. The molecule has 2 atom stereocenters. The predicted molar refractivity (Wildman–Crippen MR) is 66.0 cm³/mol. The van der Waals surface area contributed by atoms with E-state index in [1.165, 1.54) is 16.7 Å². The second-order valence-electron chi connectivity index (χ2n) is 3.96. The molecule has 18 heavy (non-hydrogen) atoms. The van der Waals surface area contributed by atoms with Crippen LogP contribution in [0.4, 0.5) is 4.79 Å². The summed E-state index contributed by atoms with van der Waals surface area (Å²) in [6, 6.07) is -1.12. The summed E-state index contributed by atoms with van der Waals surface area (Å²) in [6.07, 6.45) is 3.29. The fraction of sp³-hybridized carbons (Fsp3) is 0.500. The number of nitrogens with zero attached hydrogens (tertiary/aromatic N) is 2. The van der Waals surface area contributed by atoms with Gasteiger partial charge in [0.15, 0.2) is 0 Å². The number of aliphatic carboxylic acids is 1. The van der Waals surface area contributed by atoms with Gasteiger partial charge in [-0.05, 0) is 6.92 Å². The maximum absolute atomic E-state index is 12.0. The van der Waals surface area contributed by atoms with E-state index >= 15 is 0 Å². The second-order valence-corrected chi connectivity index (χ2v) is 5.31. The maximum atomic E-state index is 12.0. The molecule has 1 aliphatic rings. The average Bonchev–Trinajstić information content (AvgIpc) is 2.94. The summed E-state index contributed by atoms with van der Waals surface area (Å²) >= 11 is 1.46. The van der Waals surface area contributed by atoms with Gasteiger partial charge in [0.05, 0.1) is 11.6 Å². The molecule has 1 aromatic heterocycles. The smallest absolute Gasteiger partial charge is 0.327 e. The normalized spacial score (nSPS) is 23.1. The van der Waals surface area contributed by atoms with Crippen molar-refractivity contribution in [1.82, 2.24) is 20.4 Å². The number of urea groups is 1. The fourth-order valence-electron chi connectivity index (χ4n) is 1.78. The number of aromatic nitrogens is 2. The zero-order valence-corrected chi connectivity index (χ0v) is 10.6. The number of hydrogen-bond acceptors (Lipinski definition) is 4. The van der Waals surface area contributed by atoms with Crippen LogP contribution < -0.4 is 5.32 Å². The van der Waals surface area contributed by atoms with Gasteiger partial charge in [-0.1, -0.05) is 0 Å². The number of carbonyl (C=O) groups is 2. The Kier molecular flexibility index (Phi) is 3.75. The highest BCUT2D eigenvalue weighted by atomic mass is 32.2. The van der Waals surface area contributed by atoms with Crippen molar-refractivity contribution in [2.75, 3.05) is 5.75 Å². The van der Waals surface area contributed by atoms with E-state index in [-0.39, 0.29) is 11.4 Å². The van der Waals surface area contributed by atoms with Crippen LogP contribution in [0.15, 0.2) is 12.4 Å². The van der Waals surface area contributed by atoms with E-state index < -0.39 is 12.0 Å². The number of thioether (sulfide) groups is 1. The van der Waals surface area contributed by atoms with Crippen LogP contribution in [0.25, 0.3) is 0 Å². The quantitative estimate of drug-likeness (QED) is 0.741. The van der Waals surface area contributed by atoms with Gasteiger partial charge in [0.1, 0.15) is 6.04 Å². The van der Waals surface area contributed by atoms with Gasteiger partial charge in [0, 0.05) is 24.1 Å². The largest absolute Gasteiger partial charge is 0.480 e. The molecule has 2 heterocycles. The van der Waals surface area contributed by atoms with Crippen LogP contribution in [0.1, 0.15) is 12.5 Å². The van der Waals surface area contributed by atoms with Crippen molar-refractivity contribution in [1.29, 1.82) is 0 Å². The van der Waals surface area contributed by atoms with Gasteiger partial charge in [-0.25, -0.2) is 9.59 Å². The highest BCUT2D eigenvalue weighted by Crippen LogP contribution is 2.28. The molecule has 98 valence electrons. The van der Waals surface area contributed by atoms with Crippen LogP contribution in [-0.4, -0.2) is 49.4 Å². The molecular weight excluding hydrogens is 256 g/mol. The summed E-state index contributed by atoms with van der Waals surface area (Å²) in [5, 5.41) is 18.0. The number of H-pyrrole nitrogens is 1. The van der Waals surface area contributed by atoms with Crippen LogP contribution in [0.2, 0.25) is 0 Å². The Hall–Kier alpha value is -1.70. The first-order valence-electron chi connectivity index (χ1n) is 5.48. The van der Waals surface area contributed by atoms with E-state index in [0.717, 1.165) is 5.56 Å². The molecule has 2 rings (SSSR count). The Morgan fingerprint density at radius 1 is 1.72 bits per heavy atom. The minimum absolute atomic E-state index is 0.129. The number of carboxylic acid groups (broad SMARTS) is 1. The lowest BCUT2D eigenvalue weighted by Gasteiger charge is -2.25. The maximum Gasteiger partial charge on any atom is 0.327 e. The van der Waals surface area contributed by atoms with E-state index in [0.29, 0.717) is 12.3 Å². The number of rotatable bonds is 3. The number of aromatic amines is 1. The van der Waals surface area contributed by atoms with E-state index in [4.69, 9.17) is 5.11 Å².